The van der Waals surface area contributed by atoms with Gasteiger partial charge in [0.05, 0.1) is 35.6 Å². The van der Waals surface area contributed by atoms with Crippen molar-refractivity contribution in [2.45, 2.75) is 142 Å². The van der Waals surface area contributed by atoms with Crippen molar-refractivity contribution in [3.05, 3.63) is 0 Å². The van der Waals surface area contributed by atoms with Crippen LogP contribution >= 0.6 is 0 Å². The third-order valence-electron chi connectivity index (χ3n) is 13.8. The number of hydrogen-bond acceptors (Lipinski definition) is 5. The highest BCUT2D eigenvalue weighted by molar-refractivity contribution is 5.33. The zero-order chi connectivity index (χ0) is 25.6. The maximum atomic E-state index is 11.9. The molecule has 5 nitrogen and oxygen atoms in total. The second-order valence-corrected chi connectivity index (χ2v) is 15.9. The van der Waals surface area contributed by atoms with E-state index in [0.717, 1.165) is 51.4 Å². The van der Waals surface area contributed by atoms with E-state index in [1.807, 2.05) is 13.8 Å². The minimum atomic E-state index is -0.893. The van der Waals surface area contributed by atoms with Gasteiger partial charge in [0.15, 0.2) is 0 Å². The molecule has 12 atom stereocenters. The molecule has 1 aliphatic heterocycles. The van der Waals surface area contributed by atoms with Crippen LogP contribution in [0.25, 0.3) is 0 Å². The zero-order valence-corrected chi connectivity index (χ0v) is 23.1. The highest BCUT2D eigenvalue weighted by Gasteiger charge is 2.85. The molecule has 0 aromatic carbocycles. The molecule has 0 aromatic heterocycles. The van der Waals surface area contributed by atoms with Crippen molar-refractivity contribution in [1.82, 2.24) is 0 Å². The van der Waals surface area contributed by atoms with Gasteiger partial charge in [-0.3, -0.25) is 0 Å². The van der Waals surface area contributed by atoms with Gasteiger partial charge in [-0.1, -0.05) is 27.7 Å². The van der Waals surface area contributed by atoms with Gasteiger partial charge in [-0.25, -0.2) is 0 Å². The Balaban J connectivity index is 1.37. The van der Waals surface area contributed by atoms with Gasteiger partial charge in [0, 0.05) is 5.92 Å². The Morgan fingerprint density at radius 2 is 1.46 bits per heavy atom. The van der Waals surface area contributed by atoms with Gasteiger partial charge >= 0.3 is 0 Å². The number of rotatable bonds is 2. The summed E-state index contributed by atoms with van der Waals surface area (Å²) in [6.07, 6.45) is 7.11. The SMILES string of the molecule is CC(C)(O)[C@H]1CC[C@@](C)([C@@H]2[C@H](O)C[C@@]3(C)[C@@H]4[C@H](O)C[C@H]5C(C)(C)[C@H](O)CC[C@@]56C[C@@]46CC[C@]23C)O1. The molecule has 1 saturated heterocycles. The monoisotopic (exact) mass is 490 g/mol. The van der Waals surface area contributed by atoms with Crippen molar-refractivity contribution in [3.8, 4) is 0 Å². The van der Waals surface area contributed by atoms with Crippen LogP contribution in [0.3, 0.4) is 0 Å². The van der Waals surface area contributed by atoms with Gasteiger partial charge in [-0.05, 0) is 117 Å². The van der Waals surface area contributed by atoms with Crippen LogP contribution in [0.4, 0.5) is 0 Å². The van der Waals surface area contributed by atoms with Crippen LogP contribution in [0.5, 0.6) is 0 Å². The van der Waals surface area contributed by atoms with E-state index in [0.29, 0.717) is 5.92 Å². The number of aliphatic hydroxyl groups is 4. The highest BCUT2D eigenvalue weighted by atomic mass is 16.5. The summed E-state index contributed by atoms with van der Waals surface area (Å²) in [6, 6.07) is 0. The van der Waals surface area contributed by atoms with E-state index >= 15 is 0 Å². The number of fused-ring (bicyclic) bond motifs is 2. The molecule has 6 rings (SSSR count). The van der Waals surface area contributed by atoms with E-state index in [9.17, 15) is 20.4 Å². The summed E-state index contributed by atoms with van der Waals surface area (Å²) >= 11 is 0. The standard InChI is InChI=1S/C30H50O5/c1-24(2)19-14-17(31)23-27(6)15-18(32)22(28(7)10-9-21(35-28)25(3,4)34)26(27,5)12-13-30(23)16-29(19,30)11-8-20(24)33/h17-23,31-34H,8-16H2,1-7H3/t17-,18-,19+,20-,21-,22-,23+,26-,27+,28+,29-,30+/m1/s1. The van der Waals surface area contributed by atoms with Crippen LogP contribution in [-0.4, -0.2) is 56.0 Å². The van der Waals surface area contributed by atoms with Gasteiger partial charge < -0.3 is 25.2 Å². The van der Waals surface area contributed by atoms with Crippen LogP contribution < -0.4 is 0 Å². The van der Waals surface area contributed by atoms with Crippen LogP contribution in [0, 0.1) is 44.8 Å². The van der Waals surface area contributed by atoms with E-state index in [4.69, 9.17) is 4.74 Å². The fourth-order valence-corrected chi connectivity index (χ4v) is 12.1. The molecular formula is C30H50O5. The molecule has 5 heteroatoms. The van der Waals surface area contributed by atoms with E-state index in [1.54, 1.807) is 0 Å². The first-order chi connectivity index (χ1) is 16.0. The van der Waals surface area contributed by atoms with E-state index in [1.165, 1.54) is 6.42 Å². The van der Waals surface area contributed by atoms with Crippen molar-refractivity contribution in [1.29, 1.82) is 0 Å². The fourth-order valence-electron chi connectivity index (χ4n) is 12.1. The first-order valence-electron chi connectivity index (χ1n) is 14.4. The molecule has 6 fully saturated rings. The lowest BCUT2D eigenvalue weighted by Gasteiger charge is -2.64. The molecule has 200 valence electrons. The third kappa shape index (κ3) is 2.78. The molecule has 1 heterocycles. The van der Waals surface area contributed by atoms with Crippen molar-refractivity contribution in [2.24, 2.45) is 44.8 Å². The molecule has 0 radical (unpaired) electrons. The molecule has 0 unspecified atom stereocenters. The summed E-state index contributed by atoms with van der Waals surface area (Å²) in [5.41, 5.74) is -1.44. The molecule has 4 N–H and O–H groups in total. The second kappa shape index (κ2) is 6.86. The molecule has 5 saturated carbocycles. The quantitative estimate of drug-likeness (QED) is 0.460. The highest BCUT2D eigenvalue weighted by Crippen LogP contribution is 2.89. The fraction of sp³-hybridized carbons (Fsp3) is 1.00. The Morgan fingerprint density at radius 3 is 2.09 bits per heavy atom. The van der Waals surface area contributed by atoms with E-state index in [2.05, 4.69) is 34.6 Å². The maximum absolute atomic E-state index is 11.9. The molecule has 0 aromatic rings. The van der Waals surface area contributed by atoms with Gasteiger partial charge in [0.2, 0.25) is 0 Å². The molecule has 5 aliphatic carbocycles. The largest absolute Gasteiger partial charge is 0.393 e. The van der Waals surface area contributed by atoms with Gasteiger partial charge in [-0.15, -0.1) is 0 Å². The normalized spacial score (nSPS) is 60.9. The van der Waals surface area contributed by atoms with Crippen molar-refractivity contribution in [2.75, 3.05) is 0 Å². The average molecular weight is 491 g/mol. The Labute approximate surface area is 212 Å². The van der Waals surface area contributed by atoms with Gasteiger partial charge in [-0.2, -0.15) is 0 Å². The Bertz CT molecular complexity index is 911. The topological polar surface area (TPSA) is 90.2 Å². The van der Waals surface area contributed by atoms with Crippen molar-refractivity contribution in [3.63, 3.8) is 0 Å². The van der Waals surface area contributed by atoms with Crippen LogP contribution in [-0.2, 0) is 4.74 Å². The zero-order valence-electron chi connectivity index (χ0n) is 23.1. The van der Waals surface area contributed by atoms with Crippen LogP contribution in [0.2, 0.25) is 0 Å². The molecule has 35 heavy (non-hydrogen) atoms. The Hall–Kier alpha value is -0.200. The number of ether oxygens (including phenoxy) is 1. The van der Waals surface area contributed by atoms with Gasteiger partial charge in [0.25, 0.3) is 0 Å². The molecule has 6 aliphatic rings. The van der Waals surface area contributed by atoms with Crippen LogP contribution in [0.1, 0.15) is 106 Å². The first kappa shape index (κ1) is 25.1. The Kier molecular flexibility index (Phi) is 4.92. The van der Waals surface area contributed by atoms with Crippen LogP contribution in [0.15, 0.2) is 0 Å². The summed E-state index contributed by atoms with van der Waals surface area (Å²) in [5, 5.41) is 45.2. The van der Waals surface area contributed by atoms with E-state index in [-0.39, 0.29) is 51.1 Å². The summed E-state index contributed by atoms with van der Waals surface area (Å²) in [5.74, 6) is 0.544. The minimum Gasteiger partial charge on any atom is -0.393 e. The smallest absolute Gasteiger partial charge is 0.0865 e. The summed E-state index contributed by atoms with van der Waals surface area (Å²) < 4.78 is 6.65. The number of aliphatic hydroxyl groups excluding tert-OH is 3. The van der Waals surface area contributed by atoms with Crippen molar-refractivity contribution >= 4 is 0 Å². The molecule has 0 amide bonds. The number of hydrogen-bond donors (Lipinski definition) is 4. The van der Waals surface area contributed by atoms with E-state index < -0.39 is 23.4 Å². The minimum absolute atomic E-state index is 0.00561. The first-order valence-corrected chi connectivity index (χ1v) is 14.4. The summed E-state index contributed by atoms with van der Waals surface area (Å²) in [7, 11) is 0. The lowest BCUT2D eigenvalue weighted by atomic mass is 9.41. The van der Waals surface area contributed by atoms with Gasteiger partial charge in [0.1, 0.15) is 0 Å². The maximum Gasteiger partial charge on any atom is 0.0865 e. The predicted octanol–water partition coefficient (Wildman–Crippen LogP) is 4.44. The lowest BCUT2D eigenvalue weighted by molar-refractivity contribution is -0.217. The Morgan fingerprint density at radius 1 is 0.771 bits per heavy atom. The lowest BCUT2D eigenvalue weighted by Crippen LogP contribution is -2.62. The molecular weight excluding hydrogens is 440 g/mol. The summed E-state index contributed by atoms with van der Waals surface area (Å²) in [6.45, 7) is 15.0. The molecule has 0 bridgehead atoms. The average Bonchev–Trinajstić information content (AvgIpc) is 3.08. The predicted molar refractivity (Wildman–Crippen MR) is 134 cm³/mol. The van der Waals surface area contributed by atoms with Crippen molar-refractivity contribution < 1.29 is 25.2 Å². The summed E-state index contributed by atoms with van der Waals surface area (Å²) in [4.78, 5) is 0. The third-order valence-corrected chi connectivity index (χ3v) is 13.8. The second-order valence-electron chi connectivity index (χ2n) is 15.9. The molecule has 2 spiro atoms.